The minimum atomic E-state index is -4.54. The van der Waals surface area contributed by atoms with Crippen molar-refractivity contribution in [1.29, 1.82) is 0 Å². The number of halogens is 3. The third-order valence-corrected chi connectivity index (χ3v) is 3.75. The highest BCUT2D eigenvalue weighted by Gasteiger charge is 2.34. The van der Waals surface area contributed by atoms with E-state index in [4.69, 9.17) is 5.84 Å². The molecule has 0 aliphatic carbocycles. The maximum Gasteiger partial charge on any atom is 0.418 e. The van der Waals surface area contributed by atoms with E-state index >= 15 is 0 Å². The number of para-hydroxylation sites is 1. The predicted molar refractivity (Wildman–Crippen MR) is 75.6 cm³/mol. The molecular formula is C12H12F3N5OS. The zero-order valence-corrected chi connectivity index (χ0v) is 12.1. The monoisotopic (exact) mass is 331 g/mol. The topological polar surface area (TPSA) is 85.8 Å². The molecule has 1 heterocycles. The molecule has 6 nitrogen and oxygen atoms in total. The van der Waals surface area contributed by atoms with Gasteiger partial charge in [-0.3, -0.25) is 4.79 Å². The Morgan fingerprint density at radius 3 is 2.68 bits per heavy atom. The first-order valence-electron chi connectivity index (χ1n) is 6.08. The number of carbonyl (C=O) groups excluding carboxylic acids is 1. The van der Waals surface area contributed by atoms with Crippen LogP contribution in [0.5, 0.6) is 0 Å². The number of hydrogen-bond acceptors (Lipinski definition) is 5. The fourth-order valence-electron chi connectivity index (χ4n) is 1.60. The van der Waals surface area contributed by atoms with Gasteiger partial charge in [-0.1, -0.05) is 23.9 Å². The third-order valence-electron chi connectivity index (χ3n) is 2.68. The van der Waals surface area contributed by atoms with Crippen LogP contribution in [0.1, 0.15) is 12.5 Å². The van der Waals surface area contributed by atoms with Crippen molar-refractivity contribution in [2.75, 3.05) is 11.2 Å². The number of thioether (sulfide) groups is 1. The summed E-state index contributed by atoms with van der Waals surface area (Å²) >= 11 is 0.989. The number of hydrogen-bond donors (Lipinski definition) is 2. The highest BCUT2D eigenvalue weighted by molar-refractivity contribution is 8.00. The van der Waals surface area contributed by atoms with E-state index in [0.717, 1.165) is 22.5 Å². The van der Waals surface area contributed by atoms with E-state index in [2.05, 4.69) is 15.5 Å². The minimum absolute atomic E-state index is 0.284. The quantitative estimate of drug-likeness (QED) is 0.662. The van der Waals surface area contributed by atoms with Gasteiger partial charge in [0.25, 0.3) is 0 Å². The smallest absolute Gasteiger partial charge is 0.336 e. The molecule has 118 valence electrons. The summed E-state index contributed by atoms with van der Waals surface area (Å²) in [7, 11) is 0. The number of amides is 1. The van der Waals surface area contributed by atoms with Crippen LogP contribution in [0.3, 0.4) is 0 Å². The average molecular weight is 331 g/mol. The summed E-state index contributed by atoms with van der Waals surface area (Å²) in [6, 6.07) is 4.78. The summed E-state index contributed by atoms with van der Waals surface area (Å²) in [5.74, 6) is 4.92. The molecule has 0 radical (unpaired) electrons. The van der Waals surface area contributed by atoms with E-state index in [9.17, 15) is 18.0 Å². The van der Waals surface area contributed by atoms with E-state index in [1.807, 2.05) is 0 Å². The third kappa shape index (κ3) is 3.70. The predicted octanol–water partition coefficient (Wildman–Crippen LogP) is 2.13. The van der Waals surface area contributed by atoms with Crippen LogP contribution in [0, 0.1) is 0 Å². The molecule has 0 aliphatic heterocycles. The maximum atomic E-state index is 12.9. The molecule has 0 fully saturated rings. The Labute approximate surface area is 127 Å². The molecule has 1 atom stereocenters. The summed E-state index contributed by atoms with van der Waals surface area (Å²) in [5.41, 5.74) is -1.19. The van der Waals surface area contributed by atoms with Crippen LogP contribution in [0.2, 0.25) is 0 Å². The van der Waals surface area contributed by atoms with Crippen molar-refractivity contribution in [3.05, 3.63) is 36.2 Å². The molecule has 1 amide bonds. The van der Waals surface area contributed by atoms with Crippen LogP contribution >= 0.6 is 11.8 Å². The highest BCUT2D eigenvalue weighted by atomic mass is 32.2. The number of carbonyl (C=O) groups is 1. The van der Waals surface area contributed by atoms with Crippen LogP contribution in [0.4, 0.5) is 18.9 Å². The zero-order chi connectivity index (χ0) is 16.3. The Bertz CT molecular complexity index is 673. The molecule has 1 aromatic carbocycles. The summed E-state index contributed by atoms with van der Waals surface area (Å²) in [4.78, 5) is 12.0. The van der Waals surface area contributed by atoms with Crippen molar-refractivity contribution in [2.45, 2.75) is 23.5 Å². The first-order chi connectivity index (χ1) is 10.3. The molecule has 0 unspecified atom stereocenters. The van der Waals surface area contributed by atoms with Gasteiger partial charge in [-0.2, -0.15) is 13.2 Å². The number of aromatic nitrogens is 3. The van der Waals surface area contributed by atoms with Gasteiger partial charge in [0, 0.05) is 0 Å². The van der Waals surface area contributed by atoms with Gasteiger partial charge < -0.3 is 11.2 Å². The fraction of sp³-hybridized carbons (Fsp3) is 0.250. The van der Waals surface area contributed by atoms with E-state index < -0.39 is 22.9 Å². The number of alkyl halides is 3. The van der Waals surface area contributed by atoms with Crippen molar-refractivity contribution in [3.8, 4) is 0 Å². The SMILES string of the molecule is C[C@H](Sc1nncn1N)C(=O)Nc1ccccc1C(F)(F)F. The molecule has 22 heavy (non-hydrogen) atoms. The molecule has 0 saturated heterocycles. The number of nitrogens with one attached hydrogen (secondary N) is 1. The Morgan fingerprint density at radius 2 is 2.09 bits per heavy atom. The van der Waals surface area contributed by atoms with Gasteiger partial charge in [-0.25, -0.2) is 4.68 Å². The molecule has 3 N–H and O–H groups in total. The molecular weight excluding hydrogens is 319 g/mol. The molecule has 0 aliphatic rings. The molecule has 1 aromatic heterocycles. The Balaban J connectivity index is 2.11. The lowest BCUT2D eigenvalue weighted by atomic mass is 10.1. The number of nitrogen functional groups attached to an aromatic ring is 1. The van der Waals surface area contributed by atoms with Gasteiger partial charge in [0.1, 0.15) is 6.33 Å². The molecule has 2 rings (SSSR count). The molecule has 0 bridgehead atoms. The first kappa shape index (κ1) is 16.1. The largest absolute Gasteiger partial charge is 0.418 e. The van der Waals surface area contributed by atoms with Gasteiger partial charge >= 0.3 is 6.18 Å². The van der Waals surface area contributed by atoms with Crippen LogP contribution in [-0.2, 0) is 11.0 Å². The van der Waals surface area contributed by atoms with Crippen molar-refractivity contribution >= 4 is 23.4 Å². The van der Waals surface area contributed by atoms with Gasteiger partial charge in [0.2, 0.25) is 11.1 Å². The Hall–Kier alpha value is -2.23. The van der Waals surface area contributed by atoms with Gasteiger partial charge in [0.05, 0.1) is 16.5 Å². The van der Waals surface area contributed by atoms with Gasteiger partial charge in [0.15, 0.2) is 0 Å². The second-order valence-electron chi connectivity index (χ2n) is 4.31. The van der Waals surface area contributed by atoms with Crippen LogP contribution in [0.25, 0.3) is 0 Å². The van der Waals surface area contributed by atoms with Crippen LogP contribution in [0.15, 0.2) is 35.7 Å². The zero-order valence-electron chi connectivity index (χ0n) is 11.3. The van der Waals surface area contributed by atoms with E-state index in [1.54, 1.807) is 0 Å². The molecule has 2 aromatic rings. The maximum absolute atomic E-state index is 12.9. The molecule has 0 spiro atoms. The van der Waals surface area contributed by atoms with Gasteiger partial charge in [-0.15, -0.1) is 10.2 Å². The highest BCUT2D eigenvalue weighted by Crippen LogP contribution is 2.34. The normalized spacial score (nSPS) is 12.9. The van der Waals surface area contributed by atoms with Crippen molar-refractivity contribution in [3.63, 3.8) is 0 Å². The second-order valence-corrected chi connectivity index (χ2v) is 5.62. The van der Waals surface area contributed by atoms with Gasteiger partial charge in [-0.05, 0) is 19.1 Å². The standard InChI is InChI=1S/C12H12F3N5OS/c1-7(22-11-19-17-6-20(11)16)10(21)18-9-5-3-2-4-8(9)12(13,14)15/h2-7H,16H2,1H3,(H,18,21)/t7-/m0/s1. The second kappa shape index (κ2) is 6.26. The lowest BCUT2D eigenvalue weighted by Crippen LogP contribution is -2.25. The number of rotatable bonds is 4. The lowest BCUT2D eigenvalue weighted by Gasteiger charge is -2.15. The van der Waals surface area contributed by atoms with E-state index in [0.29, 0.717) is 0 Å². The first-order valence-corrected chi connectivity index (χ1v) is 6.96. The average Bonchev–Trinajstić information content (AvgIpc) is 2.83. The van der Waals surface area contributed by atoms with E-state index in [-0.39, 0.29) is 10.8 Å². The summed E-state index contributed by atoms with van der Waals surface area (Å²) in [5, 5.41) is 9.10. The number of anilines is 1. The van der Waals surface area contributed by atoms with Crippen molar-refractivity contribution in [2.24, 2.45) is 0 Å². The number of nitrogens with zero attached hydrogens (tertiary/aromatic N) is 3. The summed E-state index contributed by atoms with van der Waals surface area (Å²) in [6.45, 7) is 1.53. The number of benzene rings is 1. The number of nitrogens with two attached hydrogens (primary N) is 1. The van der Waals surface area contributed by atoms with Crippen molar-refractivity contribution < 1.29 is 18.0 Å². The fourth-order valence-corrected chi connectivity index (χ4v) is 2.35. The van der Waals surface area contributed by atoms with Crippen LogP contribution in [-0.4, -0.2) is 26.0 Å². The lowest BCUT2D eigenvalue weighted by molar-refractivity contribution is -0.137. The van der Waals surface area contributed by atoms with E-state index in [1.165, 1.54) is 31.5 Å². The Morgan fingerprint density at radius 1 is 1.41 bits per heavy atom. The van der Waals surface area contributed by atoms with Crippen molar-refractivity contribution in [1.82, 2.24) is 14.9 Å². The molecule has 10 heteroatoms. The van der Waals surface area contributed by atoms with Crippen LogP contribution < -0.4 is 11.2 Å². The summed E-state index contributed by atoms with van der Waals surface area (Å²) in [6.07, 6.45) is -3.29. The Kier molecular flexibility index (Phi) is 4.59. The minimum Gasteiger partial charge on any atom is -0.336 e. The summed E-state index contributed by atoms with van der Waals surface area (Å²) < 4.78 is 39.7. The molecule has 0 saturated carbocycles.